The first-order valence-electron chi connectivity index (χ1n) is 12.6. The van der Waals surface area contributed by atoms with Crippen molar-refractivity contribution in [2.45, 2.75) is 58.2 Å². The predicted octanol–water partition coefficient (Wildman–Crippen LogP) is 5.41. The van der Waals surface area contributed by atoms with Crippen LogP contribution >= 0.6 is 0 Å². The lowest BCUT2D eigenvalue weighted by Gasteiger charge is -2.38. The molecule has 1 fully saturated rings. The molecule has 2 aliphatic rings. The highest BCUT2D eigenvalue weighted by atomic mass is 19.1. The number of amides is 2. The van der Waals surface area contributed by atoms with E-state index >= 15 is 0 Å². The molecule has 7 heteroatoms. The molecule has 1 aliphatic carbocycles. The van der Waals surface area contributed by atoms with E-state index in [9.17, 15) is 14.0 Å². The van der Waals surface area contributed by atoms with Crippen molar-refractivity contribution in [1.82, 2.24) is 10.2 Å². The van der Waals surface area contributed by atoms with E-state index in [0.717, 1.165) is 36.0 Å². The average Bonchev–Trinajstić information content (AvgIpc) is 3.54. The van der Waals surface area contributed by atoms with Gasteiger partial charge >= 0.3 is 0 Å². The van der Waals surface area contributed by atoms with E-state index in [2.05, 4.69) is 5.32 Å². The Morgan fingerprint density at radius 3 is 2.61 bits per heavy atom. The second-order valence-electron chi connectivity index (χ2n) is 10.1. The Kier molecular flexibility index (Phi) is 6.81. The van der Waals surface area contributed by atoms with Crippen molar-refractivity contribution in [1.29, 1.82) is 0 Å². The van der Waals surface area contributed by atoms with Crippen LogP contribution in [0.25, 0.3) is 0 Å². The molecule has 188 valence electrons. The van der Waals surface area contributed by atoms with E-state index in [-0.39, 0.29) is 48.0 Å². The summed E-state index contributed by atoms with van der Waals surface area (Å²) in [6.45, 7) is 4.85. The summed E-state index contributed by atoms with van der Waals surface area (Å²) in [5.74, 6) is 1.29. The number of rotatable bonds is 8. The SMILES string of the molecule is CC(C)CC(=O)N1CCc2ccc(OCc3ccc(C(=O)NC4CC4)o3)cc2[C@H]1c1ccc(F)cc1. The minimum atomic E-state index is -0.314. The zero-order valence-electron chi connectivity index (χ0n) is 20.6. The standard InChI is InChI=1S/C29H31FN2O4/c1-18(2)15-27(33)32-14-13-19-5-10-23(16-25(19)28(32)20-3-6-21(30)7-4-20)35-17-24-11-12-26(36-24)29(34)31-22-8-9-22/h3-7,10-12,16,18,22,28H,8-9,13-15,17H2,1-2H3,(H,31,34)/t28-/m1/s1. The summed E-state index contributed by atoms with van der Waals surface area (Å²) >= 11 is 0. The van der Waals surface area contributed by atoms with E-state index in [1.807, 2.05) is 36.9 Å². The van der Waals surface area contributed by atoms with Crippen LogP contribution in [0.1, 0.15) is 72.2 Å². The van der Waals surface area contributed by atoms with E-state index in [1.165, 1.54) is 12.1 Å². The summed E-state index contributed by atoms with van der Waals surface area (Å²) in [7, 11) is 0. The van der Waals surface area contributed by atoms with Crippen LogP contribution in [-0.2, 0) is 17.8 Å². The van der Waals surface area contributed by atoms with Gasteiger partial charge in [0.25, 0.3) is 5.91 Å². The van der Waals surface area contributed by atoms with Crippen LogP contribution in [0.2, 0.25) is 0 Å². The third-order valence-corrected chi connectivity index (χ3v) is 6.61. The minimum Gasteiger partial charge on any atom is -0.486 e. The number of benzene rings is 2. The first-order chi connectivity index (χ1) is 17.4. The Hall–Kier alpha value is -3.61. The monoisotopic (exact) mass is 490 g/mol. The molecule has 1 aromatic heterocycles. The first kappa shape index (κ1) is 24.1. The molecular weight excluding hydrogens is 459 g/mol. The van der Waals surface area contributed by atoms with Crippen LogP contribution in [0.4, 0.5) is 4.39 Å². The van der Waals surface area contributed by atoms with Crippen molar-refractivity contribution in [3.8, 4) is 5.75 Å². The Morgan fingerprint density at radius 1 is 1.11 bits per heavy atom. The Balaban J connectivity index is 1.37. The van der Waals surface area contributed by atoms with E-state index in [4.69, 9.17) is 9.15 Å². The van der Waals surface area contributed by atoms with Crippen LogP contribution in [-0.4, -0.2) is 29.3 Å². The second-order valence-corrected chi connectivity index (χ2v) is 10.1. The van der Waals surface area contributed by atoms with Gasteiger partial charge < -0.3 is 19.4 Å². The molecule has 2 aromatic carbocycles. The molecule has 6 nitrogen and oxygen atoms in total. The van der Waals surface area contributed by atoms with Gasteiger partial charge in [-0.25, -0.2) is 4.39 Å². The summed E-state index contributed by atoms with van der Waals surface area (Å²) in [6.07, 6.45) is 3.23. The maximum Gasteiger partial charge on any atom is 0.287 e. The molecule has 5 rings (SSSR count). The third kappa shape index (κ3) is 5.45. The van der Waals surface area contributed by atoms with Crippen molar-refractivity contribution in [3.63, 3.8) is 0 Å². The molecular formula is C29H31FN2O4. The quantitative estimate of drug-likeness (QED) is 0.458. The Bertz CT molecular complexity index is 1250. The fourth-order valence-electron chi connectivity index (χ4n) is 4.64. The van der Waals surface area contributed by atoms with Gasteiger partial charge in [0.05, 0.1) is 6.04 Å². The molecule has 0 spiro atoms. The molecule has 0 bridgehead atoms. The first-order valence-corrected chi connectivity index (χ1v) is 12.6. The number of ether oxygens (including phenoxy) is 1. The van der Waals surface area contributed by atoms with Crippen molar-refractivity contribution >= 4 is 11.8 Å². The second kappa shape index (κ2) is 10.2. The van der Waals surface area contributed by atoms with Gasteiger partial charge in [0.1, 0.15) is 23.9 Å². The predicted molar refractivity (Wildman–Crippen MR) is 133 cm³/mol. The summed E-state index contributed by atoms with van der Waals surface area (Å²) in [5, 5.41) is 2.91. The molecule has 0 saturated heterocycles. The molecule has 1 saturated carbocycles. The van der Waals surface area contributed by atoms with Crippen LogP contribution < -0.4 is 10.1 Å². The zero-order chi connectivity index (χ0) is 25.2. The highest BCUT2D eigenvalue weighted by Crippen LogP contribution is 2.38. The normalized spacial score (nSPS) is 17.1. The maximum absolute atomic E-state index is 13.7. The molecule has 3 aromatic rings. The van der Waals surface area contributed by atoms with Gasteiger partial charge in [0, 0.05) is 19.0 Å². The van der Waals surface area contributed by atoms with Gasteiger partial charge in [-0.15, -0.1) is 0 Å². The molecule has 1 aliphatic heterocycles. The fourth-order valence-corrected chi connectivity index (χ4v) is 4.64. The lowest BCUT2D eigenvalue weighted by molar-refractivity contribution is -0.134. The van der Waals surface area contributed by atoms with Gasteiger partial charge in [-0.1, -0.05) is 32.0 Å². The number of fused-ring (bicyclic) bond motifs is 1. The van der Waals surface area contributed by atoms with Crippen LogP contribution in [0, 0.1) is 11.7 Å². The van der Waals surface area contributed by atoms with Gasteiger partial charge in [-0.2, -0.15) is 0 Å². The zero-order valence-corrected chi connectivity index (χ0v) is 20.6. The van der Waals surface area contributed by atoms with Crippen molar-refractivity contribution in [3.05, 3.63) is 88.6 Å². The summed E-state index contributed by atoms with van der Waals surface area (Å²) < 4.78 is 25.4. The van der Waals surface area contributed by atoms with Crippen molar-refractivity contribution in [2.75, 3.05) is 6.54 Å². The van der Waals surface area contributed by atoms with E-state index < -0.39 is 0 Å². The number of furan rings is 1. The number of carbonyl (C=O) groups excluding carboxylic acids is 2. The molecule has 0 unspecified atom stereocenters. The van der Waals surface area contributed by atoms with Crippen molar-refractivity contribution < 1.29 is 23.1 Å². The van der Waals surface area contributed by atoms with Gasteiger partial charge in [0.2, 0.25) is 5.91 Å². The number of carbonyl (C=O) groups is 2. The minimum absolute atomic E-state index is 0.0869. The number of halogens is 1. The van der Waals surface area contributed by atoms with Gasteiger partial charge in [-0.3, -0.25) is 9.59 Å². The highest BCUT2D eigenvalue weighted by molar-refractivity contribution is 5.91. The Labute approximate surface area is 210 Å². The van der Waals surface area contributed by atoms with Crippen LogP contribution in [0.15, 0.2) is 59.0 Å². The van der Waals surface area contributed by atoms with E-state index in [0.29, 0.717) is 24.5 Å². The molecule has 1 atom stereocenters. The Morgan fingerprint density at radius 2 is 1.89 bits per heavy atom. The number of hydrogen-bond acceptors (Lipinski definition) is 4. The smallest absolute Gasteiger partial charge is 0.287 e. The molecule has 1 N–H and O–H groups in total. The van der Waals surface area contributed by atoms with E-state index in [1.54, 1.807) is 24.3 Å². The average molecular weight is 491 g/mol. The van der Waals surface area contributed by atoms with Crippen molar-refractivity contribution in [2.24, 2.45) is 5.92 Å². The number of nitrogens with one attached hydrogen (secondary N) is 1. The van der Waals surface area contributed by atoms with Gasteiger partial charge in [0.15, 0.2) is 5.76 Å². The molecule has 2 amide bonds. The maximum atomic E-state index is 13.7. The lowest BCUT2D eigenvalue weighted by atomic mass is 9.87. The highest BCUT2D eigenvalue weighted by Gasteiger charge is 2.32. The molecule has 0 radical (unpaired) electrons. The number of hydrogen-bond donors (Lipinski definition) is 1. The summed E-state index contributed by atoms with van der Waals surface area (Å²) in [4.78, 5) is 27.3. The topological polar surface area (TPSA) is 71.8 Å². The lowest BCUT2D eigenvalue weighted by Crippen LogP contribution is -2.41. The van der Waals surface area contributed by atoms with Crippen LogP contribution in [0.3, 0.4) is 0 Å². The largest absolute Gasteiger partial charge is 0.486 e. The number of nitrogens with zero attached hydrogens (tertiary/aromatic N) is 1. The summed E-state index contributed by atoms with van der Waals surface area (Å²) in [6, 6.07) is 15.6. The molecule has 2 heterocycles. The van der Waals surface area contributed by atoms with Gasteiger partial charge in [-0.05, 0) is 78.3 Å². The molecule has 36 heavy (non-hydrogen) atoms. The summed E-state index contributed by atoms with van der Waals surface area (Å²) in [5.41, 5.74) is 2.98. The fraction of sp³-hybridized carbons (Fsp3) is 0.379. The third-order valence-electron chi connectivity index (χ3n) is 6.61. The van der Waals surface area contributed by atoms with Crippen LogP contribution in [0.5, 0.6) is 5.75 Å².